The van der Waals surface area contributed by atoms with E-state index >= 15 is 0 Å². The van der Waals surface area contributed by atoms with E-state index in [9.17, 15) is 0 Å². The Labute approximate surface area is 78.1 Å². The fourth-order valence-corrected chi connectivity index (χ4v) is 1.93. The molecule has 3 heteroatoms. The van der Waals surface area contributed by atoms with Crippen molar-refractivity contribution >= 4 is 0 Å². The van der Waals surface area contributed by atoms with Crippen LogP contribution in [0.25, 0.3) is 0 Å². The summed E-state index contributed by atoms with van der Waals surface area (Å²) in [5, 5.41) is 7.84. The average molecular weight is 177 g/mol. The van der Waals surface area contributed by atoms with Gasteiger partial charge in [0.1, 0.15) is 0 Å². The molecule has 70 valence electrons. The molecule has 0 aromatic carbocycles. The molecule has 0 radical (unpaired) electrons. The molecule has 2 aliphatic carbocycles. The van der Waals surface area contributed by atoms with Crippen LogP contribution >= 0.6 is 0 Å². The molecule has 0 saturated heterocycles. The molecule has 1 N–H and O–H groups in total. The molecule has 0 bridgehead atoms. The van der Waals surface area contributed by atoms with Crippen molar-refractivity contribution in [3.8, 4) is 0 Å². The van der Waals surface area contributed by atoms with Gasteiger partial charge in [0, 0.05) is 31.2 Å². The fraction of sp³-hybridized carbons (Fsp3) is 0.700. The van der Waals surface area contributed by atoms with Crippen LogP contribution in [0.3, 0.4) is 0 Å². The first-order chi connectivity index (χ1) is 6.33. The summed E-state index contributed by atoms with van der Waals surface area (Å²) in [7, 11) is 1.98. The second-order valence-corrected chi connectivity index (χ2v) is 4.34. The van der Waals surface area contributed by atoms with E-state index in [1.807, 2.05) is 17.9 Å². The lowest BCUT2D eigenvalue weighted by Gasteiger charge is -1.98. The third-order valence-corrected chi connectivity index (χ3v) is 2.97. The molecular formula is C10H15N3. The van der Waals surface area contributed by atoms with Crippen molar-refractivity contribution in [3.05, 3.63) is 18.0 Å². The van der Waals surface area contributed by atoms with Gasteiger partial charge in [-0.05, 0) is 24.8 Å². The number of nitrogens with zero attached hydrogens (tertiary/aromatic N) is 2. The summed E-state index contributed by atoms with van der Waals surface area (Å²) < 4.78 is 1.89. The zero-order chi connectivity index (χ0) is 8.84. The molecule has 0 amide bonds. The van der Waals surface area contributed by atoms with E-state index in [-0.39, 0.29) is 0 Å². The molecule has 13 heavy (non-hydrogen) atoms. The second kappa shape index (κ2) is 2.58. The Morgan fingerprint density at radius 2 is 2.38 bits per heavy atom. The summed E-state index contributed by atoms with van der Waals surface area (Å²) in [5.74, 6) is 0.745. The third-order valence-electron chi connectivity index (χ3n) is 2.97. The predicted octanol–water partition coefficient (Wildman–Crippen LogP) is 1.03. The van der Waals surface area contributed by atoms with Crippen molar-refractivity contribution in [1.29, 1.82) is 0 Å². The van der Waals surface area contributed by atoms with Crippen molar-refractivity contribution in [1.82, 2.24) is 15.1 Å². The minimum absolute atomic E-state index is 0.745. The molecule has 2 saturated carbocycles. The molecule has 0 aliphatic heterocycles. The number of hydrogen-bond acceptors (Lipinski definition) is 2. The van der Waals surface area contributed by atoms with Gasteiger partial charge in [-0.1, -0.05) is 0 Å². The lowest BCUT2D eigenvalue weighted by Crippen LogP contribution is -2.19. The van der Waals surface area contributed by atoms with Crippen LogP contribution in [0.2, 0.25) is 0 Å². The van der Waals surface area contributed by atoms with Crippen LogP contribution in [0.5, 0.6) is 0 Å². The molecule has 1 aromatic rings. The topological polar surface area (TPSA) is 29.9 Å². The van der Waals surface area contributed by atoms with Gasteiger partial charge in [-0.2, -0.15) is 5.10 Å². The highest BCUT2D eigenvalue weighted by Crippen LogP contribution is 2.42. The molecular weight excluding hydrogens is 162 g/mol. The number of nitrogens with one attached hydrogen (secondary N) is 1. The monoisotopic (exact) mass is 177 g/mol. The highest BCUT2D eigenvalue weighted by Gasteiger charge is 2.41. The summed E-state index contributed by atoms with van der Waals surface area (Å²) in [5.41, 5.74) is 1.40. The van der Waals surface area contributed by atoms with Gasteiger partial charge < -0.3 is 5.32 Å². The molecule has 1 heterocycles. The summed E-state index contributed by atoms with van der Waals surface area (Å²) in [6.07, 6.45) is 8.22. The van der Waals surface area contributed by atoms with Crippen LogP contribution < -0.4 is 5.32 Å². The lowest BCUT2D eigenvalue weighted by molar-refractivity contribution is 0.667. The molecule has 2 fully saturated rings. The van der Waals surface area contributed by atoms with E-state index in [1.54, 1.807) is 0 Å². The van der Waals surface area contributed by atoms with Gasteiger partial charge in [0.2, 0.25) is 0 Å². The van der Waals surface area contributed by atoms with E-state index in [0.717, 1.165) is 18.0 Å². The highest BCUT2D eigenvalue weighted by atomic mass is 15.2. The molecule has 0 unspecified atom stereocenters. The first-order valence-electron chi connectivity index (χ1n) is 5.07. The van der Waals surface area contributed by atoms with Gasteiger partial charge in [-0.15, -0.1) is 0 Å². The van der Waals surface area contributed by atoms with Crippen LogP contribution in [0.15, 0.2) is 12.4 Å². The minimum Gasteiger partial charge on any atom is -0.311 e. The lowest BCUT2D eigenvalue weighted by atomic mass is 10.2. The van der Waals surface area contributed by atoms with E-state index in [0.29, 0.717) is 0 Å². The molecule has 3 rings (SSSR count). The van der Waals surface area contributed by atoms with Crippen molar-refractivity contribution < 1.29 is 0 Å². The zero-order valence-electron chi connectivity index (χ0n) is 7.90. The molecule has 2 atom stereocenters. The van der Waals surface area contributed by atoms with E-state index in [2.05, 4.69) is 16.6 Å². The Morgan fingerprint density at radius 3 is 3.00 bits per heavy atom. The maximum Gasteiger partial charge on any atom is 0.0525 e. The van der Waals surface area contributed by atoms with Gasteiger partial charge in [0.05, 0.1) is 6.20 Å². The van der Waals surface area contributed by atoms with Gasteiger partial charge in [0.25, 0.3) is 0 Å². The minimum atomic E-state index is 0.745. The standard InChI is InChI=1S/C10H15N3/c1-13-6-7(5-11-13)9-4-10(9)12-8-2-3-8/h5-6,8-10,12H,2-4H2,1H3/t9-,10+/m0/s1. The van der Waals surface area contributed by atoms with Gasteiger partial charge in [-0.3, -0.25) is 4.68 Å². The first kappa shape index (κ1) is 7.56. The summed E-state index contributed by atoms with van der Waals surface area (Å²) >= 11 is 0. The molecule has 0 spiro atoms. The SMILES string of the molecule is Cn1cc([C@@H]2C[C@H]2NC2CC2)cn1. The molecule has 2 aliphatic rings. The van der Waals surface area contributed by atoms with Gasteiger partial charge in [0.15, 0.2) is 0 Å². The second-order valence-electron chi connectivity index (χ2n) is 4.34. The Hall–Kier alpha value is -0.830. The van der Waals surface area contributed by atoms with Gasteiger partial charge >= 0.3 is 0 Å². The Balaban J connectivity index is 1.62. The predicted molar refractivity (Wildman–Crippen MR) is 50.5 cm³/mol. The smallest absolute Gasteiger partial charge is 0.0525 e. The number of rotatable bonds is 3. The molecule has 1 aromatic heterocycles. The Morgan fingerprint density at radius 1 is 1.54 bits per heavy atom. The Kier molecular flexibility index (Phi) is 1.50. The first-order valence-corrected chi connectivity index (χ1v) is 5.07. The summed E-state index contributed by atoms with van der Waals surface area (Å²) in [4.78, 5) is 0. The normalized spacial score (nSPS) is 32.1. The van der Waals surface area contributed by atoms with Crippen LogP contribution in [0.1, 0.15) is 30.7 Å². The maximum atomic E-state index is 4.20. The quantitative estimate of drug-likeness (QED) is 0.747. The highest BCUT2D eigenvalue weighted by molar-refractivity contribution is 5.23. The van der Waals surface area contributed by atoms with E-state index < -0.39 is 0 Å². The summed E-state index contributed by atoms with van der Waals surface area (Å²) in [6, 6.07) is 1.59. The van der Waals surface area contributed by atoms with Crippen molar-refractivity contribution in [2.75, 3.05) is 0 Å². The fourth-order valence-electron chi connectivity index (χ4n) is 1.93. The van der Waals surface area contributed by atoms with Gasteiger partial charge in [-0.25, -0.2) is 0 Å². The Bertz CT molecular complexity index is 314. The van der Waals surface area contributed by atoms with Crippen molar-refractivity contribution in [3.63, 3.8) is 0 Å². The maximum absolute atomic E-state index is 4.20. The van der Waals surface area contributed by atoms with E-state index in [4.69, 9.17) is 0 Å². The molecule has 3 nitrogen and oxygen atoms in total. The van der Waals surface area contributed by atoms with Crippen LogP contribution in [0, 0.1) is 0 Å². The number of aryl methyl sites for hydroxylation is 1. The van der Waals surface area contributed by atoms with Crippen LogP contribution in [0.4, 0.5) is 0 Å². The van der Waals surface area contributed by atoms with Crippen LogP contribution in [-0.4, -0.2) is 21.9 Å². The summed E-state index contributed by atoms with van der Waals surface area (Å²) in [6.45, 7) is 0. The zero-order valence-corrected chi connectivity index (χ0v) is 7.90. The van der Waals surface area contributed by atoms with Crippen molar-refractivity contribution in [2.45, 2.75) is 37.3 Å². The number of hydrogen-bond donors (Lipinski definition) is 1. The van der Waals surface area contributed by atoms with E-state index in [1.165, 1.54) is 24.8 Å². The largest absolute Gasteiger partial charge is 0.311 e. The third kappa shape index (κ3) is 1.48. The van der Waals surface area contributed by atoms with Crippen LogP contribution in [-0.2, 0) is 7.05 Å². The van der Waals surface area contributed by atoms with Crippen molar-refractivity contribution in [2.24, 2.45) is 7.05 Å². The average Bonchev–Trinajstić information content (AvgIpc) is 3.00. The number of aromatic nitrogens is 2.